The van der Waals surface area contributed by atoms with Gasteiger partial charge < -0.3 is 9.84 Å². The van der Waals surface area contributed by atoms with Gasteiger partial charge in [-0.3, -0.25) is 14.3 Å². The average Bonchev–Trinajstić information content (AvgIpc) is 3.20. The first kappa shape index (κ1) is 18.9. The number of halogens is 1. The van der Waals surface area contributed by atoms with Gasteiger partial charge in [-0.1, -0.05) is 23.7 Å². The molecule has 0 saturated carbocycles. The second-order valence-electron chi connectivity index (χ2n) is 7.13. The molecule has 0 bridgehead atoms. The van der Waals surface area contributed by atoms with Crippen LogP contribution in [0.2, 0.25) is 5.02 Å². The van der Waals surface area contributed by atoms with Crippen LogP contribution >= 0.6 is 11.6 Å². The molecule has 5 rings (SSSR count). The van der Waals surface area contributed by atoms with Gasteiger partial charge in [0, 0.05) is 28.5 Å². The number of ether oxygens (including phenoxy) is 1. The Hall–Kier alpha value is -3.13. The molecule has 0 spiro atoms. The van der Waals surface area contributed by atoms with E-state index in [9.17, 15) is 9.90 Å². The third kappa shape index (κ3) is 3.27. The average molecular weight is 421 g/mol. The maximum Gasteiger partial charge on any atom is 0.261 e. The fourth-order valence-electron chi connectivity index (χ4n) is 3.65. The summed E-state index contributed by atoms with van der Waals surface area (Å²) in [4.78, 5) is 26.9. The number of fused-ring (bicyclic) bond motifs is 1. The molecule has 1 saturated heterocycles. The Balaban J connectivity index is 1.78. The SMILES string of the molecule is O=c1c2cc(-c3ccc(Cl)cc3)nc(-c3cccnc3)c2ncn1[C@@H]1COC[C@H]1O. The van der Waals surface area contributed by atoms with E-state index in [1.165, 1.54) is 10.9 Å². The summed E-state index contributed by atoms with van der Waals surface area (Å²) in [7, 11) is 0. The fourth-order valence-corrected chi connectivity index (χ4v) is 3.78. The topological polar surface area (TPSA) is 90.1 Å². The number of aliphatic hydroxyl groups is 1. The molecule has 1 N–H and O–H groups in total. The number of benzene rings is 1. The normalized spacial score (nSPS) is 18.7. The van der Waals surface area contributed by atoms with Crippen LogP contribution in [-0.2, 0) is 4.74 Å². The standard InChI is InChI=1S/C22H17ClN4O3/c23-15-5-3-13(4-6-15)17-8-16-21(20(26-17)14-2-1-7-24-9-14)25-12-27(22(16)29)18-10-30-11-19(18)28/h1-9,12,18-19,28H,10-11H2/t18-,19-/m1/s1. The van der Waals surface area contributed by atoms with Crippen molar-refractivity contribution in [1.82, 2.24) is 19.5 Å². The van der Waals surface area contributed by atoms with Crippen molar-refractivity contribution in [2.24, 2.45) is 0 Å². The Morgan fingerprint density at radius 2 is 1.97 bits per heavy atom. The molecule has 0 unspecified atom stereocenters. The van der Waals surface area contributed by atoms with Crippen molar-refractivity contribution in [3.05, 3.63) is 76.6 Å². The summed E-state index contributed by atoms with van der Waals surface area (Å²) in [5.41, 5.74) is 3.00. The van der Waals surface area contributed by atoms with Gasteiger partial charge in [0.25, 0.3) is 5.56 Å². The predicted molar refractivity (Wildman–Crippen MR) is 113 cm³/mol. The van der Waals surface area contributed by atoms with Gasteiger partial charge in [-0.25, -0.2) is 9.97 Å². The molecule has 0 amide bonds. The molecule has 4 aromatic rings. The second-order valence-corrected chi connectivity index (χ2v) is 7.57. The Kier molecular flexibility index (Phi) is 4.78. The molecular formula is C22H17ClN4O3. The first-order valence-corrected chi connectivity index (χ1v) is 9.83. The summed E-state index contributed by atoms with van der Waals surface area (Å²) in [6.07, 6.45) is 4.07. The number of nitrogens with zero attached hydrogens (tertiary/aromatic N) is 4. The first-order chi connectivity index (χ1) is 14.6. The largest absolute Gasteiger partial charge is 0.388 e. The molecular weight excluding hydrogens is 404 g/mol. The third-order valence-electron chi connectivity index (χ3n) is 5.22. The maximum atomic E-state index is 13.4. The lowest BCUT2D eigenvalue weighted by molar-refractivity contribution is 0.119. The van der Waals surface area contributed by atoms with Crippen molar-refractivity contribution < 1.29 is 9.84 Å². The van der Waals surface area contributed by atoms with Crippen LogP contribution in [0.4, 0.5) is 0 Å². The van der Waals surface area contributed by atoms with E-state index < -0.39 is 12.1 Å². The van der Waals surface area contributed by atoms with Crippen LogP contribution in [-0.4, -0.2) is 43.9 Å². The van der Waals surface area contributed by atoms with Gasteiger partial charge in [0.1, 0.15) is 11.6 Å². The van der Waals surface area contributed by atoms with Crippen LogP contribution in [0.25, 0.3) is 33.4 Å². The Labute approximate surface area is 176 Å². The van der Waals surface area contributed by atoms with Crippen molar-refractivity contribution in [2.75, 3.05) is 13.2 Å². The summed E-state index contributed by atoms with van der Waals surface area (Å²) in [6.45, 7) is 0.460. The monoisotopic (exact) mass is 420 g/mol. The number of aliphatic hydroxyl groups excluding tert-OH is 1. The highest BCUT2D eigenvalue weighted by molar-refractivity contribution is 6.30. The highest BCUT2D eigenvalue weighted by atomic mass is 35.5. The molecule has 30 heavy (non-hydrogen) atoms. The predicted octanol–water partition coefficient (Wildman–Crippen LogP) is 3.11. The molecule has 1 aliphatic heterocycles. The number of hydrogen-bond acceptors (Lipinski definition) is 6. The van der Waals surface area contributed by atoms with E-state index in [-0.39, 0.29) is 18.8 Å². The third-order valence-corrected chi connectivity index (χ3v) is 5.47. The highest BCUT2D eigenvalue weighted by Crippen LogP contribution is 2.29. The molecule has 1 aromatic carbocycles. The van der Waals surface area contributed by atoms with Gasteiger partial charge in [0.15, 0.2) is 0 Å². The van der Waals surface area contributed by atoms with E-state index in [1.54, 1.807) is 30.6 Å². The number of hydrogen-bond donors (Lipinski definition) is 1. The maximum absolute atomic E-state index is 13.4. The van der Waals surface area contributed by atoms with Gasteiger partial charge in [-0.15, -0.1) is 0 Å². The van der Waals surface area contributed by atoms with E-state index in [0.717, 1.165) is 11.1 Å². The lowest BCUT2D eigenvalue weighted by atomic mass is 10.1. The Bertz CT molecular complexity index is 1280. The zero-order chi connectivity index (χ0) is 20.7. The lowest BCUT2D eigenvalue weighted by Crippen LogP contribution is -2.32. The number of pyridine rings is 2. The molecule has 4 heterocycles. The number of rotatable bonds is 3. The van der Waals surface area contributed by atoms with Crippen molar-refractivity contribution in [3.63, 3.8) is 0 Å². The minimum atomic E-state index is -0.752. The Morgan fingerprint density at radius 3 is 2.67 bits per heavy atom. The molecule has 3 aromatic heterocycles. The van der Waals surface area contributed by atoms with Crippen molar-refractivity contribution >= 4 is 22.5 Å². The summed E-state index contributed by atoms with van der Waals surface area (Å²) < 4.78 is 6.76. The van der Waals surface area contributed by atoms with Crippen LogP contribution in [0.5, 0.6) is 0 Å². The lowest BCUT2D eigenvalue weighted by Gasteiger charge is -2.17. The molecule has 8 heteroatoms. The molecule has 1 fully saturated rings. The van der Waals surface area contributed by atoms with Gasteiger partial charge in [-0.2, -0.15) is 0 Å². The quantitative estimate of drug-likeness (QED) is 0.547. The zero-order valence-corrected chi connectivity index (χ0v) is 16.5. The molecule has 0 radical (unpaired) electrons. The molecule has 2 atom stereocenters. The van der Waals surface area contributed by atoms with Crippen molar-refractivity contribution in [3.8, 4) is 22.5 Å². The van der Waals surface area contributed by atoms with E-state index in [0.29, 0.717) is 27.3 Å². The van der Waals surface area contributed by atoms with Crippen LogP contribution in [0.1, 0.15) is 6.04 Å². The van der Waals surface area contributed by atoms with Crippen molar-refractivity contribution in [2.45, 2.75) is 12.1 Å². The van der Waals surface area contributed by atoms with Crippen LogP contribution in [0.15, 0.2) is 66.0 Å². The molecule has 0 aliphatic carbocycles. The van der Waals surface area contributed by atoms with Crippen LogP contribution < -0.4 is 5.56 Å². The Morgan fingerprint density at radius 1 is 1.13 bits per heavy atom. The van der Waals surface area contributed by atoms with E-state index in [4.69, 9.17) is 21.3 Å². The summed E-state index contributed by atoms with van der Waals surface area (Å²) in [5.74, 6) is 0. The van der Waals surface area contributed by atoms with Crippen molar-refractivity contribution in [1.29, 1.82) is 0 Å². The molecule has 7 nitrogen and oxygen atoms in total. The highest BCUT2D eigenvalue weighted by Gasteiger charge is 2.29. The van der Waals surface area contributed by atoms with E-state index in [2.05, 4.69) is 9.97 Å². The van der Waals surface area contributed by atoms with E-state index in [1.807, 2.05) is 24.3 Å². The van der Waals surface area contributed by atoms with Gasteiger partial charge in [-0.05, 0) is 30.3 Å². The fraction of sp³-hybridized carbons (Fsp3) is 0.182. The van der Waals surface area contributed by atoms with Gasteiger partial charge in [0.05, 0.1) is 42.4 Å². The zero-order valence-electron chi connectivity index (χ0n) is 15.8. The minimum absolute atomic E-state index is 0.197. The summed E-state index contributed by atoms with van der Waals surface area (Å²) >= 11 is 6.03. The smallest absolute Gasteiger partial charge is 0.261 e. The second kappa shape index (κ2) is 7.60. The number of aromatic nitrogens is 4. The summed E-state index contributed by atoms with van der Waals surface area (Å²) in [5, 5.41) is 11.2. The van der Waals surface area contributed by atoms with Gasteiger partial charge in [0.2, 0.25) is 0 Å². The first-order valence-electron chi connectivity index (χ1n) is 9.46. The minimum Gasteiger partial charge on any atom is -0.388 e. The van der Waals surface area contributed by atoms with E-state index >= 15 is 0 Å². The van der Waals surface area contributed by atoms with Crippen LogP contribution in [0.3, 0.4) is 0 Å². The summed E-state index contributed by atoms with van der Waals surface area (Å²) in [6, 6.07) is 12.2. The van der Waals surface area contributed by atoms with Gasteiger partial charge >= 0.3 is 0 Å². The molecule has 150 valence electrons. The van der Waals surface area contributed by atoms with Crippen LogP contribution in [0, 0.1) is 0 Å². The molecule has 1 aliphatic rings.